The van der Waals surface area contributed by atoms with Crippen molar-refractivity contribution >= 4 is 23.2 Å². The van der Waals surface area contributed by atoms with Gasteiger partial charge in [0.2, 0.25) is 0 Å². The molecule has 0 atom stereocenters. The summed E-state index contributed by atoms with van der Waals surface area (Å²) in [7, 11) is 1.61. The zero-order valence-electron chi connectivity index (χ0n) is 21.6. The van der Waals surface area contributed by atoms with Crippen molar-refractivity contribution in [1.82, 2.24) is 5.32 Å². The highest BCUT2D eigenvalue weighted by molar-refractivity contribution is 6.06. The minimum atomic E-state index is -0.173. The van der Waals surface area contributed by atoms with Crippen molar-refractivity contribution in [2.75, 3.05) is 43.6 Å². The Labute approximate surface area is 210 Å². The fraction of sp³-hybridized carbons (Fsp3) is 0.517. The lowest BCUT2D eigenvalue weighted by atomic mass is 9.97. The fourth-order valence-corrected chi connectivity index (χ4v) is 4.46. The summed E-state index contributed by atoms with van der Waals surface area (Å²) < 4.78 is 5.07. The molecule has 1 heterocycles. The van der Waals surface area contributed by atoms with Crippen LogP contribution in [0.1, 0.15) is 78.7 Å². The van der Waals surface area contributed by atoms with Gasteiger partial charge < -0.3 is 20.3 Å². The number of unbranched alkanes of at least 4 members (excludes halogenated alkanes) is 3. The lowest BCUT2D eigenvalue weighted by Gasteiger charge is -2.33. The summed E-state index contributed by atoms with van der Waals surface area (Å²) in [5.41, 5.74) is 3.98. The van der Waals surface area contributed by atoms with E-state index in [1.165, 1.54) is 31.2 Å². The van der Waals surface area contributed by atoms with Gasteiger partial charge in [-0.3, -0.25) is 9.59 Å². The zero-order valence-corrected chi connectivity index (χ0v) is 21.6. The van der Waals surface area contributed by atoms with Gasteiger partial charge in [0.05, 0.1) is 12.2 Å². The molecular formula is C29H41N3O3. The summed E-state index contributed by atoms with van der Waals surface area (Å²) in [6, 6.07) is 13.5. The molecule has 1 aliphatic rings. The second-order valence-electron chi connectivity index (χ2n) is 9.61. The van der Waals surface area contributed by atoms with Crippen LogP contribution >= 0.6 is 0 Å². The van der Waals surface area contributed by atoms with Crippen LogP contribution in [-0.2, 0) is 11.2 Å². The summed E-state index contributed by atoms with van der Waals surface area (Å²) in [5.74, 6) is 0.374. The van der Waals surface area contributed by atoms with E-state index in [4.69, 9.17) is 4.74 Å². The molecule has 0 aliphatic carbocycles. The number of hydrogen-bond donors (Lipinski definition) is 2. The molecule has 2 amide bonds. The minimum absolute atomic E-state index is 0.154. The maximum Gasteiger partial charge on any atom is 0.255 e. The van der Waals surface area contributed by atoms with Gasteiger partial charge in [-0.25, -0.2) is 0 Å². The SMILES string of the molecule is CCCCCCc1ccc(C(=O)Nc2ccc(N3CCC(C)CC3)c(C(=O)NCCOC)c2)cc1. The number of amides is 2. The van der Waals surface area contributed by atoms with Gasteiger partial charge in [-0.05, 0) is 67.5 Å². The van der Waals surface area contributed by atoms with Crippen molar-refractivity contribution in [3.05, 3.63) is 59.2 Å². The quantitative estimate of drug-likeness (QED) is 0.385. The van der Waals surface area contributed by atoms with E-state index >= 15 is 0 Å². The fourth-order valence-electron chi connectivity index (χ4n) is 4.46. The Hall–Kier alpha value is -2.86. The third kappa shape index (κ3) is 8.10. The molecule has 1 aliphatic heterocycles. The van der Waals surface area contributed by atoms with Gasteiger partial charge in [0.1, 0.15) is 0 Å². The maximum atomic E-state index is 13.0. The number of hydrogen-bond acceptors (Lipinski definition) is 4. The summed E-state index contributed by atoms with van der Waals surface area (Å²) in [5, 5.41) is 5.90. The van der Waals surface area contributed by atoms with Crippen LogP contribution in [0.4, 0.5) is 11.4 Å². The van der Waals surface area contributed by atoms with Gasteiger partial charge in [0, 0.05) is 43.7 Å². The first-order valence-corrected chi connectivity index (χ1v) is 13.1. The smallest absolute Gasteiger partial charge is 0.255 e. The van der Waals surface area contributed by atoms with Gasteiger partial charge in [0.15, 0.2) is 0 Å². The molecule has 0 radical (unpaired) electrons. The number of carbonyl (C=O) groups is 2. The summed E-state index contributed by atoms with van der Waals surface area (Å²) in [6.07, 6.45) is 8.18. The predicted octanol–water partition coefficient (Wildman–Crippen LogP) is 5.67. The number of rotatable bonds is 12. The molecule has 2 N–H and O–H groups in total. The van der Waals surface area contributed by atoms with E-state index in [9.17, 15) is 9.59 Å². The first-order chi connectivity index (χ1) is 17.0. The third-order valence-corrected chi connectivity index (χ3v) is 6.75. The first kappa shape index (κ1) is 26.7. The molecule has 2 aromatic rings. The van der Waals surface area contributed by atoms with Crippen LogP contribution in [0.15, 0.2) is 42.5 Å². The van der Waals surface area contributed by atoms with E-state index in [-0.39, 0.29) is 11.8 Å². The van der Waals surface area contributed by atoms with Gasteiger partial charge in [-0.2, -0.15) is 0 Å². The van der Waals surface area contributed by atoms with E-state index in [2.05, 4.69) is 29.4 Å². The molecule has 6 heteroatoms. The van der Waals surface area contributed by atoms with Crippen molar-refractivity contribution in [1.29, 1.82) is 0 Å². The predicted molar refractivity (Wildman–Crippen MR) is 144 cm³/mol. The number of nitrogens with zero attached hydrogens (tertiary/aromatic N) is 1. The van der Waals surface area contributed by atoms with E-state index in [0.717, 1.165) is 38.0 Å². The number of methoxy groups -OCH3 is 1. The second-order valence-corrected chi connectivity index (χ2v) is 9.61. The monoisotopic (exact) mass is 479 g/mol. The minimum Gasteiger partial charge on any atom is -0.383 e. The zero-order chi connectivity index (χ0) is 25.0. The van der Waals surface area contributed by atoms with E-state index in [1.807, 2.05) is 36.4 Å². The number of piperidine rings is 1. The van der Waals surface area contributed by atoms with Crippen LogP contribution in [-0.4, -0.2) is 45.2 Å². The number of benzene rings is 2. The molecule has 0 unspecified atom stereocenters. The summed E-state index contributed by atoms with van der Waals surface area (Å²) in [6.45, 7) is 7.23. The van der Waals surface area contributed by atoms with Crippen LogP contribution in [0, 0.1) is 5.92 Å². The van der Waals surface area contributed by atoms with Gasteiger partial charge >= 0.3 is 0 Å². The molecule has 3 rings (SSSR count). The average Bonchev–Trinajstić information content (AvgIpc) is 2.87. The number of carbonyl (C=O) groups excluding carboxylic acids is 2. The van der Waals surface area contributed by atoms with Gasteiger partial charge in [0.25, 0.3) is 11.8 Å². The molecule has 0 aromatic heterocycles. The first-order valence-electron chi connectivity index (χ1n) is 13.1. The molecule has 1 saturated heterocycles. The van der Waals surface area contributed by atoms with Gasteiger partial charge in [-0.1, -0.05) is 45.2 Å². The highest BCUT2D eigenvalue weighted by atomic mass is 16.5. The topological polar surface area (TPSA) is 70.7 Å². The Bertz CT molecular complexity index is 950. The lowest BCUT2D eigenvalue weighted by Crippen LogP contribution is -2.35. The van der Waals surface area contributed by atoms with E-state index < -0.39 is 0 Å². The van der Waals surface area contributed by atoms with Crippen molar-refractivity contribution < 1.29 is 14.3 Å². The van der Waals surface area contributed by atoms with Gasteiger partial charge in [-0.15, -0.1) is 0 Å². The number of aryl methyl sites for hydroxylation is 1. The molecule has 0 bridgehead atoms. The van der Waals surface area contributed by atoms with E-state index in [0.29, 0.717) is 35.9 Å². The Morgan fingerprint density at radius 2 is 1.74 bits per heavy atom. The number of anilines is 2. The maximum absolute atomic E-state index is 13.0. The van der Waals surface area contributed by atoms with E-state index in [1.54, 1.807) is 13.2 Å². The molecule has 190 valence electrons. The molecule has 0 spiro atoms. The Morgan fingerprint density at radius 1 is 1.00 bits per heavy atom. The van der Waals surface area contributed by atoms with Crippen molar-refractivity contribution in [2.45, 2.75) is 58.8 Å². The van der Waals surface area contributed by atoms with Crippen molar-refractivity contribution in [2.24, 2.45) is 5.92 Å². The van der Waals surface area contributed by atoms with Crippen molar-refractivity contribution in [3.8, 4) is 0 Å². The Morgan fingerprint density at radius 3 is 2.43 bits per heavy atom. The molecular weight excluding hydrogens is 438 g/mol. The van der Waals surface area contributed by atoms with Crippen LogP contribution in [0.25, 0.3) is 0 Å². The largest absolute Gasteiger partial charge is 0.383 e. The highest BCUT2D eigenvalue weighted by Gasteiger charge is 2.22. The number of ether oxygens (including phenoxy) is 1. The summed E-state index contributed by atoms with van der Waals surface area (Å²) >= 11 is 0. The molecule has 6 nitrogen and oxygen atoms in total. The average molecular weight is 480 g/mol. The van der Waals surface area contributed by atoms with Crippen LogP contribution in [0.5, 0.6) is 0 Å². The third-order valence-electron chi connectivity index (χ3n) is 6.75. The lowest BCUT2D eigenvalue weighted by molar-refractivity contribution is 0.0936. The molecule has 0 saturated carbocycles. The number of nitrogens with one attached hydrogen (secondary N) is 2. The normalized spacial score (nSPS) is 14.1. The van der Waals surface area contributed by atoms with Crippen LogP contribution < -0.4 is 15.5 Å². The summed E-state index contributed by atoms with van der Waals surface area (Å²) in [4.78, 5) is 28.2. The molecule has 35 heavy (non-hydrogen) atoms. The molecule has 2 aromatic carbocycles. The Balaban J connectivity index is 1.70. The highest BCUT2D eigenvalue weighted by Crippen LogP contribution is 2.29. The van der Waals surface area contributed by atoms with Crippen LogP contribution in [0.3, 0.4) is 0 Å². The Kier molecular flexibility index (Phi) is 10.6. The second kappa shape index (κ2) is 13.9. The standard InChI is InChI=1S/C29H41N3O3/c1-4-5-6-7-8-23-9-11-24(12-10-23)28(33)31-25-13-14-27(32-18-15-22(2)16-19-32)26(21-25)29(34)30-17-20-35-3/h9-14,21-22H,4-8,15-20H2,1-3H3,(H,30,34)(H,31,33). The van der Waals surface area contributed by atoms with Crippen molar-refractivity contribution in [3.63, 3.8) is 0 Å². The molecule has 1 fully saturated rings. The van der Waals surface area contributed by atoms with Crippen LogP contribution in [0.2, 0.25) is 0 Å².